The van der Waals surface area contributed by atoms with Crippen molar-refractivity contribution in [2.24, 2.45) is 17.3 Å². The number of hydrogen-bond acceptors (Lipinski definition) is 5. The quantitative estimate of drug-likeness (QED) is 0.202. The summed E-state index contributed by atoms with van der Waals surface area (Å²) in [6, 6.07) is 6.58. The Labute approximate surface area is 231 Å². The van der Waals surface area contributed by atoms with Gasteiger partial charge in [0.25, 0.3) is 0 Å². The van der Waals surface area contributed by atoms with E-state index in [4.69, 9.17) is 15.6 Å². The van der Waals surface area contributed by atoms with Crippen LogP contribution in [-0.4, -0.2) is 76.7 Å². The first-order valence-corrected chi connectivity index (χ1v) is 14.3. The van der Waals surface area contributed by atoms with Gasteiger partial charge in [-0.15, -0.1) is 0 Å². The zero-order valence-electron chi connectivity index (χ0n) is 24.5. The molecule has 4 unspecified atom stereocenters. The smallest absolute Gasteiger partial charge is 0.448 e. The molecule has 2 saturated carbocycles. The van der Waals surface area contributed by atoms with E-state index in [1.165, 1.54) is 17.5 Å². The molecule has 1 aromatic carbocycles. The molecule has 1 aromatic rings. The Kier molecular flexibility index (Phi) is 9.41. The molecule has 3 aliphatic carbocycles. The molecule has 0 spiro atoms. The molecule has 222 valence electrons. The predicted molar refractivity (Wildman–Crippen MR) is 142 cm³/mol. The van der Waals surface area contributed by atoms with Crippen molar-refractivity contribution in [1.82, 2.24) is 4.90 Å². The van der Waals surface area contributed by atoms with E-state index in [1.54, 1.807) is 7.05 Å². The zero-order chi connectivity index (χ0) is 29.0. The van der Waals surface area contributed by atoms with Crippen molar-refractivity contribution < 1.29 is 37.9 Å². The Bertz CT molecular complexity index is 964. The molecule has 0 radical (unpaired) electrons. The van der Waals surface area contributed by atoms with Gasteiger partial charge in [-0.1, -0.05) is 13.0 Å². The van der Waals surface area contributed by atoms with Crippen molar-refractivity contribution in [3.8, 4) is 5.75 Å². The lowest BCUT2D eigenvalue weighted by molar-refractivity contribution is -0.324. The lowest BCUT2D eigenvalue weighted by Crippen LogP contribution is -2.45. The molecule has 3 aliphatic rings. The monoisotopic (exact) mass is 560 g/mol. The van der Waals surface area contributed by atoms with E-state index < -0.39 is 12.0 Å². The molecule has 39 heavy (non-hydrogen) atoms. The molecular formula is C30H45F4NO4. The predicted octanol–water partition coefficient (Wildman–Crippen LogP) is 6.54. The molecule has 0 amide bonds. The number of alkyl halides is 4. The van der Waals surface area contributed by atoms with Gasteiger partial charge in [0, 0.05) is 40.1 Å². The average molecular weight is 561 g/mol. The highest BCUT2D eigenvalue weighted by Gasteiger charge is 2.55. The van der Waals surface area contributed by atoms with Gasteiger partial charge in [-0.05, 0) is 92.0 Å². The van der Waals surface area contributed by atoms with Crippen LogP contribution in [0.3, 0.4) is 0 Å². The van der Waals surface area contributed by atoms with Gasteiger partial charge in [-0.3, -0.25) is 0 Å². The first-order valence-electron chi connectivity index (χ1n) is 15.0. The lowest BCUT2D eigenvalue weighted by Gasteiger charge is -2.50. The van der Waals surface area contributed by atoms with Crippen LogP contribution < -0.4 is 4.74 Å². The van der Waals surface area contributed by atoms with E-state index in [2.05, 4.69) is 29.9 Å². The van der Waals surface area contributed by atoms with Crippen molar-refractivity contribution >= 4 is 0 Å². The van der Waals surface area contributed by atoms with Crippen LogP contribution in [0.25, 0.3) is 0 Å². The van der Waals surface area contributed by atoms with Crippen molar-refractivity contribution in [2.75, 3.05) is 53.7 Å². The molecule has 0 heterocycles. The Morgan fingerprint density at radius 1 is 1.05 bits per heavy atom. The third-order valence-corrected chi connectivity index (χ3v) is 9.46. The van der Waals surface area contributed by atoms with Gasteiger partial charge < -0.3 is 23.8 Å². The topological polar surface area (TPSA) is 40.2 Å². The highest BCUT2D eigenvalue weighted by atomic mass is 19.4. The first kappa shape index (κ1) is 29.1. The third-order valence-electron chi connectivity index (χ3n) is 9.46. The van der Waals surface area contributed by atoms with Crippen LogP contribution in [0.1, 0.15) is 70.8 Å². The second-order valence-electron chi connectivity index (χ2n) is 11.9. The van der Waals surface area contributed by atoms with Gasteiger partial charge in [-0.25, -0.2) is 4.39 Å². The summed E-state index contributed by atoms with van der Waals surface area (Å²) in [4.78, 5) is 1.82. The van der Waals surface area contributed by atoms with Crippen LogP contribution in [-0.2, 0) is 20.6 Å². The fourth-order valence-corrected chi connectivity index (χ4v) is 7.16. The third kappa shape index (κ3) is 6.91. The maximum Gasteiger partial charge on any atom is 0.448 e. The van der Waals surface area contributed by atoms with E-state index in [9.17, 15) is 17.6 Å². The Hall–Kier alpha value is -1.42. The van der Waals surface area contributed by atoms with Crippen molar-refractivity contribution in [3.63, 3.8) is 0 Å². The minimum Gasteiger partial charge on any atom is -0.493 e. The van der Waals surface area contributed by atoms with E-state index in [-0.39, 0.29) is 31.8 Å². The van der Waals surface area contributed by atoms with Crippen molar-refractivity contribution in [3.05, 3.63) is 29.3 Å². The van der Waals surface area contributed by atoms with Crippen LogP contribution in [0.15, 0.2) is 18.2 Å². The van der Waals surface area contributed by atoms with Gasteiger partial charge in [0.1, 0.15) is 5.75 Å². The van der Waals surface area contributed by atoms with E-state index in [0.717, 1.165) is 44.3 Å². The number of likely N-dealkylation sites (N-methyl/N-ethyl adjacent to an activating group) is 1. The Morgan fingerprint density at radius 3 is 2.62 bits per heavy atom. The first-order chi connectivity index (χ1) is 19.0. The van der Waals surface area contributed by atoms with Gasteiger partial charge in [0.05, 0.1) is 27.3 Å². The summed E-state index contributed by atoms with van der Waals surface area (Å²) in [6.45, 7) is 4.82. The fourth-order valence-electron chi connectivity index (χ4n) is 7.16. The number of rotatable bonds is 13. The molecule has 6 atom stereocenters. The van der Waals surface area contributed by atoms with Gasteiger partial charge in [-0.2, -0.15) is 13.2 Å². The minimum atomic E-state index is -5.04. The number of hydrogen-bond donors (Lipinski definition) is 0. The summed E-state index contributed by atoms with van der Waals surface area (Å²) in [7, 11) is 1.77. The van der Waals surface area contributed by atoms with Crippen molar-refractivity contribution in [2.45, 2.75) is 82.8 Å². The largest absolute Gasteiger partial charge is 0.493 e. The van der Waals surface area contributed by atoms with Crippen LogP contribution >= 0.6 is 0 Å². The highest BCUT2D eigenvalue weighted by molar-refractivity contribution is 5.40. The number of ether oxygens (including phenoxy) is 4. The molecule has 5 nitrogen and oxygen atoms in total. The summed E-state index contributed by atoms with van der Waals surface area (Å²) in [5, 5.41) is 0. The molecule has 9 heteroatoms. The summed E-state index contributed by atoms with van der Waals surface area (Å²) >= 11 is 0. The molecule has 4 rings (SSSR count). The van der Waals surface area contributed by atoms with E-state index in [1.807, 2.05) is 4.90 Å². The second-order valence-corrected chi connectivity index (χ2v) is 11.9. The summed E-state index contributed by atoms with van der Waals surface area (Å²) in [5.74, 6) is -0.881. The average Bonchev–Trinajstić information content (AvgIpc) is 3.23. The number of methoxy groups -OCH3 is 1. The molecular weight excluding hydrogens is 514 g/mol. The standard InChI is InChI=1S/C30H45F4NO4/c1-28-13-12-24-23-9-7-22(37-17-5-16-36-4)20-21(23)6-8-25(24)26(28)10-11-27(28)38-18-14-35(3)15-19-39-29(2,31)30(32,33)34/h7,9,20,24-27H,5-6,8,10-19H2,1-4H3/t24?,25?,26?,27-,28-,29?/m0/s1/i4D. The van der Waals surface area contributed by atoms with Gasteiger partial charge in [0.2, 0.25) is 0 Å². The number of benzene rings is 1. The number of halogens is 4. The molecule has 0 aromatic heterocycles. The van der Waals surface area contributed by atoms with Gasteiger partial charge >= 0.3 is 12.0 Å². The molecule has 0 aliphatic heterocycles. The van der Waals surface area contributed by atoms with Crippen LogP contribution in [0, 0.1) is 17.3 Å². The SMILES string of the molecule is [2H]COCCCOc1ccc2c(c1)CCC1C2CC[C@@]2(C)C1CC[C@@H]2OCCN(C)CCOC(C)(F)C(F)(F)F. The Morgan fingerprint density at radius 2 is 1.85 bits per heavy atom. The Balaban J connectivity index is 1.25. The van der Waals surface area contributed by atoms with Crippen LogP contribution in [0.5, 0.6) is 5.75 Å². The number of nitrogens with zero attached hydrogens (tertiary/aromatic N) is 1. The fraction of sp³-hybridized carbons (Fsp3) is 0.800. The lowest BCUT2D eigenvalue weighted by atomic mass is 9.55. The number of aryl methyl sites for hydroxylation is 1. The van der Waals surface area contributed by atoms with Crippen LogP contribution in [0.2, 0.25) is 0 Å². The van der Waals surface area contributed by atoms with E-state index >= 15 is 0 Å². The highest BCUT2D eigenvalue weighted by Crippen LogP contribution is 2.61. The minimum absolute atomic E-state index is 0.0132. The molecule has 0 bridgehead atoms. The maximum absolute atomic E-state index is 13.6. The summed E-state index contributed by atoms with van der Waals surface area (Å²) in [5.41, 5.74) is 3.02. The second kappa shape index (κ2) is 12.6. The summed E-state index contributed by atoms with van der Waals surface area (Å²) in [6.07, 6.45) is 2.61. The molecule has 0 saturated heterocycles. The van der Waals surface area contributed by atoms with Crippen molar-refractivity contribution in [1.29, 1.82) is 0 Å². The van der Waals surface area contributed by atoms with Crippen LogP contribution in [0.4, 0.5) is 17.6 Å². The zero-order valence-corrected chi connectivity index (χ0v) is 23.5. The number of fused-ring (bicyclic) bond motifs is 5. The van der Waals surface area contributed by atoms with Gasteiger partial charge in [0.15, 0.2) is 0 Å². The molecule has 0 N–H and O–H groups in total. The molecule has 2 fully saturated rings. The maximum atomic E-state index is 13.6. The normalized spacial score (nSPS) is 30.3. The van der Waals surface area contributed by atoms with E-state index in [0.29, 0.717) is 51.0 Å². The summed E-state index contributed by atoms with van der Waals surface area (Å²) < 4.78 is 80.3.